The number of anilines is 1. The number of amides is 3. The van der Waals surface area contributed by atoms with Crippen LogP contribution in [0.25, 0.3) is 6.08 Å². The van der Waals surface area contributed by atoms with Gasteiger partial charge < -0.3 is 10.2 Å². The number of rotatable bonds is 5. The summed E-state index contributed by atoms with van der Waals surface area (Å²) >= 11 is 5.93. The second kappa shape index (κ2) is 8.62. The molecule has 3 amide bonds. The van der Waals surface area contributed by atoms with Gasteiger partial charge in [0.1, 0.15) is 5.70 Å². The average molecular weight is 452 g/mol. The minimum absolute atomic E-state index is 0.111. The fourth-order valence-electron chi connectivity index (χ4n) is 4.90. The second-order valence-electron chi connectivity index (χ2n) is 9.39. The molecule has 0 spiro atoms. The normalized spacial score (nSPS) is 21.2. The smallest absolute Gasteiger partial charge is 0.329 e. The minimum Gasteiger partial charge on any atom is -0.366 e. The third-order valence-corrected chi connectivity index (χ3v) is 6.64. The van der Waals surface area contributed by atoms with E-state index in [1.807, 2.05) is 18.2 Å². The highest BCUT2D eigenvalue weighted by Gasteiger charge is 2.36. The summed E-state index contributed by atoms with van der Waals surface area (Å²) in [5.74, 6) is 0.103. The fraction of sp³-hybridized carbons (Fsp3) is 0.385. The number of carbonyl (C=O) groups is 2. The van der Waals surface area contributed by atoms with Gasteiger partial charge in [-0.05, 0) is 79.6 Å². The predicted molar refractivity (Wildman–Crippen MR) is 130 cm³/mol. The third-order valence-electron chi connectivity index (χ3n) is 6.38. The molecule has 1 unspecified atom stereocenters. The summed E-state index contributed by atoms with van der Waals surface area (Å²) < 4.78 is 0. The van der Waals surface area contributed by atoms with Crippen molar-refractivity contribution >= 4 is 35.3 Å². The Hall–Kier alpha value is -2.79. The summed E-state index contributed by atoms with van der Waals surface area (Å²) in [6.45, 7) is 10.3. The van der Waals surface area contributed by atoms with E-state index >= 15 is 0 Å². The van der Waals surface area contributed by atoms with Crippen LogP contribution in [0.2, 0.25) is 5.02 Å². The van der Waals surface area contributed by atoms with Crippen molar-refractivity contribution in [2.75, 3.05) is 11.4 Å². The number of urea groups is 1. The van der Waals surface area contributed by atoms with Gasteiger partial charge in [0.15, 0.2) is 0 Å². The molecule has 2 aliphatic rings. The lowest BCUT2D eigenvalue weighted by Gasteiger charge is -2.47. The fourth-order valence-corrected chi connectivity index (χ4v) is 5.03. The standard InChI is InChI=1S/C26H30ClN3O2/c1-5-12-30-23-11-8-19(13-21(23)17(2)15-26(30,3)4)14-22-24(31)29(25(32)28-22)16-18-6-9-20(27)10-7-18/h6-11,13-14,17H,5,12,15-16H2,1-4H3,(H,28,32)/b22-14+. The van der Waals surface area contributed by atoms with Gasteiger partial charge in [0, 0.05) is 22.8 Å². The van der Waals surface area contributed by atoms with Gasteiger partial charge in [-0.25, -0.2) is 4.79 Å². The number of imide groups is 1. The lowest BCUT2D eigenvalue weighted by atomic mass is 9.79. The van der Waals surface area contributed by atoms with E-state index < -0.39 is 6.03 Å². The van der Waals surface area contributed by atoms with Crippen molar-refractivity contribution in [2.45, 2.75) is 58.5 Å². The Labute approximate surface area is 195 Å². The molecule has 0 saturated carbocycles. The molecular formula is C26H30ClN3O2. The van der Waals surface area contributed by atoms with Crippen molar-refractivity contribution in [2.24, 2.45) is 0 Å². The maximum atomic E-state index is 12.9. The molecule has 2 aliphatic heterocycles. The summed E-state index contributed by atoms with van der Waals surface area (Å²) in [4.78, 5) is 29.1. The first kappa shape index (κ1) is 22.4. The van der Waals surface area contributed by atoms with Crippen LogP contribution in [0, 0.1) is 0 Å². The van der Waals surface area contributed by atoms with E-state index in [1.165, 1.54) is 16.2 Å². The second-order valence-corrected chi connectivity index (χ2v) is 9.83. The van der Waals surface area contributed by atoms with E-state index in [1.54, 1.807) is 18.2 Å². The van der Waals surface area contributed by atoms with Crippen molar-refractivity contribution in [1.29, 1.82) is 0 Å². The first-order chi connectivity index (χ1) is 15.2. The number of nitrogens with one attached hydrogen (secondary N) is 1. The van der Waals surface area contributed by atoms with Gasteiger partial charge in [0.25, 0.3) is 5.91 Å². The molecule has 1 saturated heterocycles. The van der Waals surface area contributed by atoms with Gasteiger partial charge in [-0.2, -0.15) is 0 Å². The number of halogens is 1. The van der Waals surface area contributed by atoms with Crippen LogP contribution in [0.3, 0.4) is 0 Å². The number of carbonyl (C=O) groups excluding carboxylic acids is 2. The van der Waals surface area contributed by atoms with Gasteiger partial charge in [-0.1, -0.05) is 43.6 Å². The Kier molecular flexibility index (Phi) is 6.04. The molecule has 168 valence electrons. The van der Waals surface area contributed by atoms with E-state index in [4.69, 9.17) is 11.6 Å². The molecule has 5 nitrogen and oxygen atoms in total. The summed E-state index contributed by atoms with van der Waals surface area (Å²) in [6.07, 6.45) is 3.94. The Bertz CT molecular complexity index is 1070. The van der Waals surface area contributed by atoms with E-state index in [9.17, 15) is 9.59 Å². The van der Waals surface area contributed by atoms with Crippen LogP contribution in [0.1, 0.15) is 63.1 Å². The molecule has 0 aliphatic carbocycles. The zero-order chi connectivity index (χ0) is 23.0. The largest absolute Gasteiger partial charge is 0.366 e. The molecule has 0 aromatic heterocycles. The number of nitrogens with zero attached hydrogens (tertiary/aromatic N) is 2. The Morgan fingerprint density at radius 3 is 2.56 bits per heavy atom. The number of benzene rings is 2. The summed E-state index contributed by atoms with van der Waals surface area (Å²) in [5, 5.41) is 3.35. The van der Waals surface area contributed by atoms with E-state index in [0.29, 0.717) is 16.6 Å². The van der Waals surface area contributed by atoms with Gasteiger partial charge in [-0.15, -0.1) is 0 Å². The van der Waals surface area contributed by atoms with Gasteiger partial charge in [-0.3, -0.25) is 9.69 Å². The zero-order valence-corrected chi connectivity index (χ0v) is 19.9. The molecule has 2 aromatic carbocycles. The highest BCUT2D eigenvalue weighted by molar-refractivity contribution is 6.30. The van der Waals surface area contributed by atoms with Crippen molar-refractivity contribution in [3.63, 3.8) is 0 Å². The van der Waals surface area contributed by atoms with Crippen molar-refractivity contribution in [1.82, 2.24) is 10.2 Å². The molecule has 1 N–H and O–H groups in total. The first-order valence-electron chi connectivity index (χ1n) is 11.2. The summed E-state index contributed by atoms with van der Waals surface area (Å²) in [6, 6.07) is 13.1. The van der Waals surface area contributed by atoms with E-state index in [0.717, 1.165) is 30.5 Å². The molecular weight excluding hydrogens is 422 g/mol. The molecule has 1 fully saturated rings. The molecule has 32 heavy (non-hydrogen) atoms. The third kappa shape index (κ3) is 4.26. The molecule has 6 heteroatoms. The lowest BCUT2D eigenvalue weighted by molar-refractivity contribution is -0.123. The van der Waals surface area contributed by atoms with Crippen LogP contribution >= 0.6 is 11.6 Å². The molecule has 2 aromatic rings. The maximum absolute atomic E-state index is 12.9. The van der Waals surface area contributed by atoms with Gasteiger partial charge in [0.05, 0.1) is 6.54 Å². The number of hydrogen-bond acceptors (Lipinski definition) is 3. The van der Waals surface area contributed by atoms with Crippen LogP contribution in [0.5, 0.6) is 0 Å². The van der Waals surface area contributed by atoms with Crippen LogP contribution in [0.15, 0.2) is 48.2 Å². The highest BCUT2D eigenvalue weighted by atomic mass is 35.5. The van der Waals surface area contributed by atoms with Crippen LogP contribution < -0.4 is 10.2 Å². The molecule has 1 atom stereocenters. The first-order valence-corrected chi connectivity index (χ1v) is 11.6. The summed E-state index contributed by atoms with van der Waals surface area (Å²) in [5.41, 5.74) is 4.74. The minimum atomic E-state index is -0.404. The Morgan fingerprint density at radius 1 is 1.16 bits per heavy atom. The van der Waals surface area contributed by atoms with Crippen LogP contribution in [0.4, 0.5) is 10.5 Å². The maximum Gasteiger partial charge on any atom is 0.329 e. The SMILES string of the molecule is CCCN1c2ccc(/C=C3/NC(=O)N(Cc4ccc(Cl)cc4)C3=O)cc2C(C)CC1(C)C. The van der Waals surface area contributed by atoms with Crippen molar-refractivity contribution in [3.05, 3.63) is 69.9 Å². The molecule has 0 radical (unpaired) electrons. The highest BCUT2D eigenvalue weighted by Crippen LogP contribution is 2.43. The monoisotopic (exact) mass is 451 g/mol. The number of hydrogen-bond donors (Lipinski definition) is 1. The van der Waals surface area contributed by atoms with Gasteiger partial charge >= 0.3 is 6.03 Å². The van der Waals surface area contributed by atoms with Crippen LogP contribution in [-0.4, -0.2) is 28.9 Å². The average Bonchev–Trinajstić information content (AvgIpc) is 3.00. The van der Waals surface area contributed by atoms with E-state index in [2.05, 4.69) is 50.0 Å². The zero-order valence-electron chi connectivity index (χ0n) is 19.1. The predicted octanol–water partition coefficient (Wildman–Crippen LogP) is 5.94. The number of fused-ring (bicyclic) bond motifs is 1. The van der Waals surface area contributed by atoms with E-state index in [-0.39, 0.29) is 18.0 Å². The molecule has 2 heterocycles. The molecule has 0 bridgehead atoms. The quantitative estimate of drug-likeness (QED) is 0.452. The van der Waals surface area contributed by atoms with Gasteiger partial charge in [0.2, 0.25) is 0 Å². The van der Waals surface area contributed by atoms with Crippen molar-refractivity contribution < 1.29 is 9.59 Å². The van der Waals surface area contributed by atoms with Crippen LogP contribution in [-0.2, 0) is 11.3 Å². The topological polar surface area (TPSA) is 52.7 Å². The lowest BCUT2D eigenvalue weighted by Crippen LogP contribution is -2.48. The summed E-state index contributed by atoms with van der Waals surface area (Å²) in [7, 11) is 0. The molecule has 4 rings (SSSR count). The van der Waals surface area contributed by atoms with Crippen molar-refractivity contribution in [3.8, 4) is 0 Å². The Morgan fingerprint density at radius 2 is 1.88 bits per heavy atom. The Balaban J connectivity index is 1.59.